The third-order valence-corrected chi connectivity index (χ3v) is 3.87. The lowest BCUT2D eigenvalue weighted by Crippen LogP contribution is -2.12. The summed E-state index contributed by atoms with van der Waals surface area (Å²) in [4.78, 5) is 12.8. The van der Waals surface area contributed by atoms with Crippen LogP contribution in [0.15, 0.2) is 34.5 Å². The molecule has 8 heteroatoms. The number of alkyl halides is 3. The summed E-state index contributed by atoms with van der Waals surface area (Å²) in [6.07, 6.45) is -4.52. The highest BCUT2D eigenvalue weighted by atomic mass is 35.5. The van der Waals surface area contributed by atoms with E-state index in [4.69, 9.17) is 11.6 Å². The molecule has 1 heterocycles. The van der Waals surface area contributed by atoms with Crippen LogP contribution in [-0.2, 0) is 6.18 Å². The third-order valence-electron chi connectivity index (χ3n) is 2.29. The normalized spacial score (nSPS) is 11.4. The second kappa shape index (κ2) is 5.67. The van der Waals surface area contributed by atoms with Gasteiger partial charge in [0, 0.05) is 21.0 Å². The fourth-order valence-electron chi connectivity index (χ4n) is 1.46. The second-order valence-electron chi connectivity index (χ2n) is 3.85. The van der Waals surface area contributed by atoms with E-state index in [2.05, 4.69) is 17.9 Å². The summed E-state index contributed by atoms with van der Waals surface area (Å²) in [5.41, 5.74) is -0.926. The molecule has 0 spiro atoms. The Balaban J connectivity index is 2.25. The van der Waals surface area contributed by atoms with Crippen LogP contribution in [0.25, 0.3) is 0 Å². The molecular formula is C12H7ClF3NOS2. The number of benzene rings is 1. The highest BCUT2D eigenvalue weighted by Gasteiger charge is 2.31. The molecule has 0 aliphatic carbocycles. The van der Waals surface area contributed by atoms with Crippen molar-refractivity contribution in [3.05, 3.63) is 45.1 Å². The molecule has 0 unspecified atom stereocenters. The molecule has 0 bridgehead atoms. The number of hydrogen-bond donors (Lipinski definition) is 2. The Labute approximate surface area is 127 Å². The standard InChI is InChI=1S/C12H7ClF3NOS2/c13-7-1-6(12(14,15)16)2-8(3-7)17-11(18)10-4-9(19)5-20-10/h1-5,19H,(H,17,18). The quantitative estimate of drug-likeness (QED) is 0.745. The molecule has 0 fully saturated rings. The van der Waals surface area contributed by atoms with Gasteiger partial charge in [0.25, 0.3) is 5.91 Å². The Hall–Kier alpha value is -1.18. The van der Waals surface area contributed by atoms with Crippen molar-refractivity contribution in [2.45, 2.75) is 11.1 Å². The van der Waals surface area contributed by atoms with E-state index in [1.54, 1.807) is 5.38 Å². The SMILES string of the molecule is O=C(Nc1cc(Cl)cc(C(F)(F)F)c1)c1cc(S)cs1. The van der Waals surface area contributed by atoms with Crippen LogP contribution in [-0.4, -0.2) is 5.91 Å². The zero-order valence-corrected chi connectivity index (χ0v) is 12.1. The van der Waals surface area contributed by atoms with E-state index in [1.807, 2.05) is 0 Å². The van der Waals surface area contributed by atoms with Gasteiger partial charge >= 0.3 is 6.18 Å². The maximum Gasteiger partial charge on any atom is 0.416 e. The second-order valence-corrected chi connectivity index (χ2v) is 5.71. The van der Waals surface area contributed by atoms with Crippen LogP contribution in [0.1, 0.15) is 15.2 Å². The van der Waals surface area contributed by atoms with Gasteiger partial charge in [-0.3, -0.25) is 4.79 Å². The van der Waals surface area contributed by atoms with Crippen LogP contribution < -0.4 is 5.32 Å². The van der Waals surface area contributed by atoms with Gasteiger partial charge in [-0.05, 0) is 24.3 Å². The van der Waals surface area contributed by atoms with Gasteiger partial charge in [0.2, 0.25) is 0 Å². The number of carbonyl (C=O) groups is 1. The maximum atomic E-state index is 12.6. The van der Waals surface area contributed by atoms with E-state index in [9.17, 15) is 18.0 Å². The molecule has 0 atom stereocenters. The molecule has 1 N–H and O–H groups in total. The predicted octanol–water partition coefficient (Wildman–Crippen LogP) is 4.96. The number of halogens is 4. The smallest absolute Gasteiger partial charge is 0.321 e. The number of thiophene rings is 1. The molecule has 106 valence electrons. The largest absolute Gasteiger partial charge is 0.416 e. The summed E-state index contributed by atoms with van der Waals surface area (Å²) in [7, 11) is 0. The van der Waals surface area contributed by atoms with Crippen LogP contribution in [0.3, 0.4) is 0 Å². The molecule has 1 aromatic heterocycles. The number of carbonyl (C=O) groups excluding carboxylic acids is 1. The van der Waals surface area contributed by atoms with Gasteiger partial charge in [-0.1, -0.05) is 11.6 Å². The number of thiol groups is 1. The minimum atomic E-state index is -4.52. The molecule has 2 rings (SSSR count). The number of nitrogens with one attached hydrogen (secondary N) is 1. The van der Waals surface area contributed by atoms with E-state index < -0.39 is 17.6 Å². The molecule has 1 amide bonds. The zero-order chi connectivity index (χ0) is 14.9. The van der Waals surface area contributed by atoms with E-state index in [0.717, 1.165) is 23.5 Å². The lowest BCUT2D eigenvalue weighted by molar-refractivity contribution is -0.137. The van der Waals surface area contributed by atoms with Gasteiger partial charge in [-0.25, -0.2) is 0 Å². The predicted molar refractivity (Wildman–Crippen MR) is 76.0 cm³/mol. The Kier molecular flexibility index (Phi) is 4.31. The van der Waals surface area contributed by atoms with Crippen molar-refractivity contribution >= 4 is 47.2 Å². The Bertz CT molecular complexity index is 654. The first kappa shape index (κ1) is 15.2. The van der Waals surface area contributed by atoms with Crippen LogP contribution in [0.2, 0.25) is 5.02 Å². The molecule has 20 heavy (non-hydrogen) atoms. The number of amides is 1. The highest BCUT2D eigenvalue weighted by Crippen LogP contribution is 2.33. The number of rotatable bonds is 2. The van der Waals surface area contributed by atoms with Crippen molar-refractivity contribution in [3.63, 3.8) is 0 Å². The summed E-state index contributed by atoms with van der Waals surface area (Å²) in [5, 5.41) is 3.93. The first-order valence-corrected chi connectivity index (χ1v) is 6.93. The summed E-state index contributed by atoms with van der Waals surface area (Å²) in [6, 6.07) is 4.41. The first-order chi connectivity index (χ1) is 9.25. The zero-order valence-electron chi connectivity index (χ0n) is 9.66. The van der Waals surface area contributed by atoms with Crippen molar-refractivity contribution in [2.75, 3.05) is 5.32 Å². The molecular weight excluding hydrogens is 331 g/mol. The summed E-state index contributed by atoms with van der Waals surface area (Å²) >= 11 is 10.8. The summed E-state index contributed by atoms with van der Waals surface area (Å²) < 4.78 is 37.9. The molecule has 0 radical (unpaired) electrons. The minimum absolute atomic E-state index is 0.0102. The molecule has 2 nitrogen and oxygen atoms in total. The molecule has 0 aliphatic heterocycles. The lowest BCUT2D eigenvalue weighted by atomic mass is 10.2. The van der Waals surface area contributed by atoms with E-state index in [1.165, 1.54) is 12.1 Å². The van der Waals surface area contributed by atoms with Crippen LogP contribution in [0.4, 0.5) is 18.9 Å². The van der Waals surface area contributed by atoms with Crippen molar-refractivity contribution in [3.8, 4) is 0 Å². The van der Waals surface area contributed by atoms with Gasteiger partial charge in [0.15, 0.2) is 0 Å². The lowest BCUT2D eigenvalue weighted by Gasteiger charge is -2.10. The highest BCUT2D eigenvalue weighted by molar-refractivity contribution is 7.80. The molecule has 2 aromatic rings. The minimum Gasteiger partial charge on any atom is -0.321 e. The summed E-state index contributed by atoms with van der Waals surface area (Å²) in [5.74, 6) is -0.509. The molecule has 0 aliphatic rings. The number of anilines is 1. The van der Waals surface area contributed by atoms with Gasteiger partial charge in [0.1, 0.15) is 0 Å². The van der Waals surface area contributed by atoms with Crippen molar-refractivity contribution < 1.29 is 18.0 Å². The van der Waals surface area contributed by atoms with Crippen molar-refractivity contribution in [1.82, 2.24) is 0 Å². The van der Waals surface area contributed by atoms with Crippen molar-refractivity contribution in [2.24, 2.45) is 0 Å². The fraction of sp³-hybridized carbons (Fsp3) is 0.0833. The Morgan fingerprint density at radius 1 is 1.25 bits per heavy atom. The first-order valence-electron chi connectivity index (χ1n) is 5.22. The van der Waals surface area contributed by atoms with Gasteiger partial charge in [-0.15, -0.1) is 24.0 Å². The Morgan fingerprint density at radius 2 is 1.95 bits per heavy atom. The van der Waals surface area contributed by atoms with E-state index in [0.29, 0.717) is 9.77 Å². The monoisotopic (exact) mass is 337 g/mol. The van der Waals surface area contributed by atoms with Crippen LogP contribution in [0.5, 0.6) is 0 Å². The van der Waals surface area contributed by atoms with E-state index >= 15 is 0 Å². The van der Waals surface area contributed by atoms with Crippen LogP contribution >= 0.6 is 35.6 Å². The molecule has 0 saturated heterocycles. The maximum absolute atomic E-state index is 12.6. The third kappa shape index (κ3) is 3.68. The molecule has 1 aromatic carbocycles. The van der Waals surface area contributed by atoms with Gasteiger partial charge < -0.3 is 5.32 Å². The van der Waals surface area contributed by atoms with Gasteiger partial charge in [-0.2, -0.15) is 13.2 Å². The summed E-state index contributed by atoms with van der Waals surface area (Å²) in [6.45, 7) is 0. The molecule has 0 saturated carbocycles. The van der Waals surface area contributed by atoms with Crippen molar-refractivity contribution in [1.29, 1.82) is 0 Å². The fourth-order valence-corrected chi connectivity index (χ4v) is 2.74. The topological polar surface area (TPSA) is 29.1 Å². The number of hydrogen-bond acceptors (Lipinski definition) is 3. The van der Waals surface area contributed by atoms with Gasteiger partial charge in [0.05, 0.1) is 10.4 Å². The average molecular weight is 338 g/mol. The van der Waals surface area contributed by atoms with E-state index in [-0.39, 0.29) is 10.7 Å². The Morgan fingerprint density at radius 3 is 2.50 bits per heavy atom. The van der Waals surface area contributed by atoms with Crippen LogP contribution in [0, 0.1) is 0 Å². The average Bonchev–Trinajstić information content (AvgIpc) is 2.74.